The maximum absolute atomic E-state index is 11.9. The van der Waals surface area contributed by atoms with E-state index >= 15 is 0 Å². The van der Waals surface area contributed by atoms with Gasteiger partial charge in [0.15, 0.2) is 0 Å². The van der Waals surface area contributed by atoms with Crippen LogP contribution in [0.4, 0.5) is 11.4 Å². The average Bonchev–Trinajstić information content (AvgIpc) is 2.78. The number of nitrogens with one attached hydrogen (secondary N) is 1. The van der Waals surface area contributed by atoms with Crippen molar-refractivity contribution in [3.8, 4) is 0 Å². The summed E-state index contributed by atoms with van der Waals surface area (Å²) >= 11 is 5.69. The number of hydrogen-bond donors (Lipinski definition) is 2. The zero-order valence-electron chi connectivity index (χ0n) is 9.88. The molecule has 2 rings (SSSR count). The van der Waals surface area contributed by atoms with Gasteiger partial charge >= 0.3 is 0 Å². The van der Waals surface area contributed by atoms with Crippen LogP contribution >= 0.6 is 11.6 Å². The number of anilines is 1. The number of nitro benzene ring substituents is 1. The lowest BCUT2D eigenvalue weighted by atomic mass is 10.1. The topological polar surface area (TPSA) is 98.3 Å². The summed E-state index contributed by atoms with van der Waals surface area (Å²) in [4.78, 5) is 22.1. The van der Waals surface area contributed by atoms with E-state index in [0.717, 1.165) is 0 Å². The van der Waals surface area contributed by atoms with Gasteiger partial charge in [0.1, 0.15) is 5.02 Å². The van der Waals surface area contributed by atoms with E-state index in [0.29, 0.717) is 12.1 Å². The molecule has 6 nitrogen and oxygen atoms in total. The zero-order valence-corrected chi connectivity index (χ0v) is 10.6. The molecule has 7 heteroatoms. The summed E-state index contributed by atoms with van der Waals surface area (Å²) in [6.45, 7) is 0. The number of nitro groups is 1. The van der Waals surface area contributed by atoms with Crippen LogP contribution in [0, 0.1) is 16.0 Å². The SMILES string of the molecule is NC1C=CC(C(=O)Nc2ccc(Cl)c([N+](=O)[O-])c2)C1. The van der Waals surface area contributed by atoms with Crippen molar-refractivity contribution in [2.75, 3.05) is 5.32 Å². The maximum atomic E-state index is 11.9. The van der Waals surface area contributed by atoms with Gasteiger partial charge < -0.3 is 11.1 Å². The van der Waals surface area contributed by atoms with Crippen molar-refractivity contribution in [3.05, 3.63) is 45.5 Å². The molecule has 0 aliphatic heterocycles. The summed E-state index contributed by atoms with van der Waals surface area (Å²) in [5.41, 5.74) is 5.77. The molecular formula is C12H12ClN3O3. The maximum Gasteiger partial charge on any atom is 0.289 e. The summed E-state index contributed by atoms with van der Waals surface area (Å²) in [6, 6.07) is 4.02. The Bertz CT molecular complexity index is 559. The lowest BCUT2D eigenvalue weighted by Crippen LogP contribution is -2.24. The normalized spacial score (nSPS) is 21.4. The van der Waals surface area contributed by atoms with Gasteiger partial charge in [-0.25, -0.2) is 0 Å². The van der Waals surface area contributed by atoms with Crippen molar-refractivity contribution in [3.63, 3.8) is 0 Å². The van der Waals surface area contributed by atoms with Crippen LogP contribution in [0.25, 0.3) is 0 Å². The van der Waals surface area contributed by atoms with E-state index in [9.17, 15) is 14.9 Å². The van der Waals surface area contributed by atoms with Crippen LogP contribution in [0.15, 0.2) is 30.4 Å². The van der Waals surface area contributed by atoms with E-state index in [1.807, 2.05) is 0 Å². The fourth-order valence-corrected chi connectivity index (χ4v) is 2.07. The van der Waals surface area contributed by atoms with Crippen molar-refractivity contribution < 1.29 is 9.72 Å². The van der Waals surface area contributed by atoms with Crippen molar-refractivity contribution >= 4 is 28.9 Å². The lowest BCUT2D eigenvalue weighted by Gasteiger charge is -2.10. The smallest absolute Gasteiger partial charge is 0.289 e. The molecule has 100 valence electrons. The fraction of sp³-hybridized carbons (Fsp3) is 0.250. The first-order valence-electron chi connectivity index (χ1n) is 5.66. The molecule has 19 heavy (non-hydrogen) atoms. The van der Waals surface area contributed by atoms with Crippen LogP contribution in [0.5, 0.6) is 0 Å². The highest BCUT2D eigenvalue weighted by molar-refractivity contribution is 6.32. The molecule has 1 aromatic rings. The van der Waals surface area contributed by atoms with Crippen molar-refractivity contribution in [2.24, 2.45) is 11.7 Å². The molecule has 0 fully saturated rings. The largest absolute Gasteiger partial charge is 0.325 e. The number of nitrogens with two attached hydrogens (primary N) is 1. The quantitative estimate of drug-likeness (QED) is 0.503. The number of carbonyl (C=O) groups excluding carboxylic acids is 1. The van der Waals surface area contributed by atoms with Crippen molar-refractivity contribution in [2.45, 2.75) is 12.5 Å². The summed E-state index contributed by atoms with van der Waals surface area (Å²) in [5.74, 6) is -0.537. The molecule has 0 saturated carbocycles. The van der Waals surface area contributed by atoms with Crippen LogP contribution in [-0.2, 0) is 4.79 Å². The number of halogens is 1. The highest BCUT2D eigenvalue weighted by Gasteiger charge is 2.23. The van der Waals surface area contributed by atoms with Gasteiger partial charge in [-0.1, -0.05) is 23.8 Å². The molecule has 0 aromatic heterocycles. The van der Waals surface area contributed by atoms with Gasteiger partial charge in [-0.05, 0) is 18.6 Å². The Kier molecular flexibility index (Phi) is 3.82. The number of nitrogens with zero attached hydrogens (tertiary/aromatic N) is 1. The van der Waals surface area contributed by atoms with Gasteiger partial charge in [-0.3, -0.25) is 14.9 Å². The van der Waals surface area contributed by atoms with E-state index in [4.69, 9.17) is 17.3 Å². The summed E-state index contributed by atoms with van der Waals surface area (Å²) in [5, 5.41) is 13.4. The Morgan fingerprint density at radius 2 is 2.21 bits per heavy atom. The molecule has 0 radical (unpaired) electrons. The molecule has 0 saturated heterocycles. The predicted octanol–water partition coefficient (Wildman–Crippen LogP) is 2.09. The first-order valence-corrected chi connectivity index (χ1v) is 6.04. The first-order chi connectivity index (χ1) is 8.97. The van der Waals surface area contributed by atoms with E-state index in [-0.39, 0.29) is 28.6 Å². The molecule has 0 heterocycles. The third-order valence-electron chi connectivity index (χ3n) is 2.86. The second kappa shape index (κ2) is 5.38. The van der Waals surface area contributed by atoms with Crippen molar-refractivity contribution in [1.82, 2.24) is 0 Å². The lowest BCUT2D eigenvalue weighted by molar-refractivity contribution is -0.384. The van der Waals surface area contributed by atoms with Crippen molar-refractivity contribution in [1.29, 1.82) is 0 Å². The molecule has 2 atom stereocenters. The number of hydrogen-bond acceptors (Lipinski definition) is 4. The summed E-state index contributed by atoms with van der Waals surface area (Å²) in [7, 11) is 0. The van der Waals surface area contributed by atoms with E-state index in [2.05, 4.69) is 5.32 Å². The third kappa shape index (κ3) is 3.10. The Labute approximate surface area is 114 Å². The Morgan fingerprint density at radius 1 is 1.47 bits per heavy atom. The summed E-state index contributed by atoms with van der Waals surface area (Å²) in [6.07, 6.45) is 4.06. The van der Waals surface area contributed by atoms with E-state index in [1.54, 1.807) is 12.2 Å². The molecule has 0 bridgehead atoms. The van der Waals surface area contributed by atoms with Crippen LogP contribution in [-0.4, -0.2) is 16.9 Å². The third-order valence-corrected chi connectivity index (χ3v) is 3.18. The van der Waals surface area contributed by atoms with E-state index < -0.39 is 4.92 Å². The number of rotatable bonds is 3. The number of benzene rings is 1. The minimum Gasteiger partial charge on any atom is -0.325 e. The van der Waals surface area contributed by atoms with Gasteiger partial charge in [-0.15, -0.1) is 0 Å². The average molecular weight is 282 g/mol. The highest BCUT2D eigenvalue weighted by atomic mass is 35.5. The molecule has 1 aliphatic rings. The van der Waals surface area contributed by atoms with Crippen LogP contribution in [0.1, 0.15) is 6.42 Å². The second-order valence-electron chi connectivity index (χ2n) is 4.30. The molecule has 1 aliphatic carbocycles. The number of carbonyl (C=O) groups is 1. The zero-order chi connectivity index (χ0) is 14.0. The first kappa shape index (κ1) is 13.5. The molecular weight excluding hydrogens is 270 g/mol. The Morgan fingerprint density at radius 3 is 2.79 bits per heavy atom. The molecule has 2 unspecified atom stereocenters. The fourth-order valence-electron chi connectivity index (χ4n) is 1.89. The van der Waals surface area contributed by atoms with Gasteiger partial charge in [0.25, 0.3) is 5.69 Å². The van der Waals surface area contributed by atoms with Crippen LogP contribution < -0.4 is 11.1 Å². The second-order valence-corrected chi connectivity index (χ2v) is 4.71. The molecule has 1 aromatic carbocycles. The monoisotopic (exact) mass is 281 g/mol. The minimum absolute atomic E-state index is 0.0331. The highest BCUT2D eigenvalue weighted by Crippen LogP contribution is 2.28. The molecule has 3 N–H and O–H groups in total. The van der Waals surface area contributed by atoms with E-state index in [1.165, 1.54) is 18.2 Å². The minimum atomic E-state index is -0.594. The predicted molar refractivity (Wildman–Crippen MR) is 72.0 cm³/mol. The standard InChI is InChI=1S/C12H12ClN3O3/c13-10-4-3-9(6-11(10)16(18)19)15-12(17)7-1-2-8(14)5-7/h1-4,6-8H,5,14H2,(H,15,17). The van der Waals surface area contributed by atoms with Crippen LogP contribution in [0.2, 0.25) is 5.02 Å². The number of amides is 1. The van der Waals surface area contributed by atoms with Gasteiger partial charge in [-0.2, -0.15) is 0 Å². The summed E-state index contributed by atoms with van der Waals surface area (Å²) < 4.78 is 0. The molecule has 0 spiro atoms. The van der Waals surface area contributed by atoms with Gasteiger partial charge in [0.05, 0.1) is 10.8 Å². The van der Waals surface area contributed by atoms with Crippen LogP contribution in [0.3, 0.4) is 0 Å². The Hall–Kier alpha value is -1.92. The Balaban J connectivity index is 2.11. The molecule has 1 amide bonds. The van der Waals surface area contributed by atoms with Gasteiger partial charge in [0, 0.05) is 17.8 Å². The van der Waals surface area contributed by atoms with Gasteiger partial charge in [0.2, 0.25) is 5.91 Å².